The van der Waals surface area contributed by atoms with Gasteiger partial charge in [-0.1, -0.05) is 6.92 Å². The number of rotatable bonds is 3. The summed E-state index contributed by atoms with van der Waals surface area (Å²) >= 11 is 0. The smallest absolute Gasteiger partial charge is 0.212 e. The van der Waals surface area contributed by atoms with Crippen LogP contribution in [0.15, 0.2) is 0 Å². The van der Waals surface area contributed by atoms with Gasteiger partial charge in [0.05, 0.1) is 5.25 Å². The Morgan fingerprint density at radius 1 is 1.00 bits per heavy atom. The second kappa shape index (κ2) is 3.81. The number of hydrogen-bond donors (Lipinski definition) is 1. The van der Waals surface area contributed by atoms with Gasteiger partial charge in [-0.05, 0) is 44.4 Å². The van der Waals surface area contributed by atoms with Gasteiger partial charge < -0.3 is 0 Å². The van der Waals surface area contributed by atoms with Gasteiger partial charge in [0.2, 0.25) is 10.0 Å². The average molecular weight is 217 g/mol. The van der Waals surface area contributed by atoms with Gasteiger partial charge in [-0.15, -0.1) is 0 Å². The quantitative estimate of drug-likeness (QED) is 0.781. The maximum Gasteiger partial charge on any atom is 0.214 e. The molecular weight excluding hydrogens is 198 g/mol. The average Bonchev–Trinajstić information content (AvgIpc) is 2.91. The van der Waals surface area contributed by atoms with Crippen LogP contribution in [-0.4, -0.2) is 19.7 Å². The summed E-state index contributed by atoms with van der Waals surface area (Å²) in [5.41, 5.74) is 0. The van der Waals surface area contributed by atoms with Gasteiger partial charge in [0.25, 0.3) is 0 Å². The van der Waals surface area contributed by atoms with Crippen LogP contribution in [0.5, 0.6) is 0 Å². The second-order valence-electron chi connectivity index (χ2n) is 4.82. The minimum atomic E-state index is -2.95. The van der Waals surface area contributed by atoms with Crippen molar-refractivity contribution in [1.29, 1.82) is 0 Å². The van der Waals surface area contributed by atoms with E-state index in [0.717, 1.165) is 44.4 Å². The molecule has 2 aliphatic rings. The first-order valence-corrected chi connectivity index (χ1v) is 7.13. The first-order valence-electron chi connectivity index (χ1n) is 5.59. The third-order valence-electron chi connectivity index (χ3n) is 3.31. The van der Waals surface area contributed by atoms with Crippen LogP contribution < -0.4 is 4.72 Å². The van der Waals surface area contributed by atoms with Crippen molar-refractivity contribution in [3.8, 4) is 0 Å². The van der Waals surface area contributed by atoms with Gasteiger partial charge in [-0.3, -0.25) is 0 Å². The van der Waals surface area contributed by atoms with E-state index in [2.05, 4.69) is 11.6 Å². The Morgan fingerprint density at radius 2 is 1.57 bits per heavy atom. The molecule has 3 nitrogen and oxygen atoms in total. The molecule has 2 aliphatic carbocycles. The van der Waals surface area contributed by atoms with Gasteiger partial charge >= 0.3 is 0 Å². The maximum absolute atomic E-state index is 11.6. The highest BCUT2D eigenvalue weighted by molar-refractivity contribution is 7.90. The van der Waals surface area contributed by atoms with Crippen molar-refractivity contribution in [3.63, 3.8) is 0 Å². The number of nitrogens with one attached hydrogen (secondary N) is 1. The molecule has 2 saturated carbocycles. The number of sulfonamides is 1. The van der Waals surface area contributed by atoms with Gasteiger partial charge in [0.15, 0.2) is 0 Å². The lowest BCUT2D eigenvalue weighted by Gasteiger charge is -2.26. The first kappa shape index (κ1) is 10.4. The predicted octanol–water partition coefficient (Wildman–Crippen LogP) is 1.65. The van der Waals surface area contributed by atoms with Crippen LogP contribution in [0.3, 0.4) is 0 Å². The molecule has 0 heterocycles. The molecule has 0 aromatic rings. The molecular formula is C10H19NO2S. The van der Waals surface area contributed by atoms with E-state index in [0.29, 0.717) is 0 Å². The molecule has 0 radical (unpaired) electrons. The fraction of sp³-hybridized carbons (Fsp3) is 1.00. The summed E-state index contributed by atoms with van der Waals surface area (Å²) in [5.74, 6) is 0.775. The lowest BCUT2D eigenvalue weighted by molar-refractivity contribution is 0.332. The van der Waals surface area contributed by atoms with Crippen LogP contribution in [0.2, 0.25) is 0 Å². The Balaban J connectivity index is 1.85. The van der Waals surface area contributed by atoms with Crippen LogP contribution in [-0.2, 0) is 10.0 Å². The summed E-state index contributed by atoms with van der Waals surface area (Å²) in [6.07, 6.45) is 6.09. The molecule has 0 amide bonds. The Hall–Kier alpha value is -0.0900. The predicted molar refractivity (Wildman–Crippen MR) is 56.5 cm³/mol. The van der Waals surface area contributed by atoms with Crippen molar-refractivity contribution in [2.45, 2.75) is 56.7 Å². The summed E-state index contributed by atoms with van der Waals surface area (Å²) in [6, 6.07) is 0.219. The molecule has 0 spiro atoms. The molecule has 0 unspecified atom stereocenters. The van der Waals surface area contributed by atoms with Crippen molar-refractivity contribution in [1.82, 2.24) is 4.72 Å². The monoisotopic (exact) mass is 217 g/mol. The normalized spacial score (nSPS) is 34.4. The van der Waals surface area contributed by atoms with Crippen molar-refractivity contribution < 1.29 is 8.42 Å². The zero-order chi connectivity index (χ0) is 10.2. The lowest BCUT2D eigenvalue weighted by Crippen LogP contribution is -2.39. The fourth-order valence-electron chi connectivity index (χ4n) is 2.08. The van der Waals surface area contributed by atoms with E-state index >= 15 is 0 Å². The van der Waals surface area contributed by atoms with Crippen molar-refractivity contribution in [2.24, 2.45) is 5.92 Å². The van der Waals surface area contributed by atoms with E-state index in [4.69, 9.17) is 0 Å². The fourth-order valence-corrected chi connectivity index (χ4v) is 3.73. The van der Waals surface area contributed by atoms with Crippen LogP contribution in [0.25, 0.3) is 0 Å². The molecule has 0 saturated heterocycles. The zero-order valence-corrected chi connectivity index (χ0v) is 9.52. The summed E-state index contributed by atoms with van der Waals surface area (Å²) < 4.78 is 26.1. The van der Waals surface area contributed by atoms with Gasteiger partial charge in [-0.2, -0.15) is 0 Å². The highest BCUT2D eigenvalue weighted by Gasteiger charge is 2.37. The summed E-state index contributed by atoms with van der Waals surface area (Å²) in [6.45, 7) is 2.24. The van der Waals surface area contributed by atoms with Crippen LogP contribution in [0.4, 0.5) is 0 Å². The van der Waals surface area contributed by atoms with E-state index in [1.165, 1.54) is 0 Å². The highest BCUT2D eigenvalue weighted by atomic mass is 32.2. The summed E-state index contributed by atoms with van der Waals surface area (Å²) in [4.78, 5) is 0. The Kier molecular flexibility index (Phi) is 2.84. The second-order valence-corrected chi connectivity index (χ2v) is 6.81. The molecule has 0 bridgehead atoms. The molecule has 4 heteroatoms. The van der Waals surface area contributed by atoms with Gasteiger partial charge in [0.1, 0.15) is 0 Å². The van der Waals surface area contributed by atoms with Crippen LogP contribution >= 0.6 is 0 Å². The minimum Gasteiger partial charge on any atom is -0.212 e. The lowest BCUT2D eigenvalue weighted by atomic mass is 9.88. The van der Waals surface area contributed by atoms with E-state index in [-0.39, 0.29) is 11.3 Å². The Labute approximate surface area is 86.3 Å². The van der Waals surface area contributed by atoms with Crippen LogP contribution in [0.1, 0.15) is 45.4 Å². The highest BCUT2D eigenvalue weighted by Crippen LogP contribution is 2.30. The maximum atomic E-state index is 11.6. The molecule has 2 rings (SSSR count). The SMILES string of the molecule is C[C@H]1CC[C@H](NS(=O)(=O)C2CC2)CC1. The van der Waals surface area contributed by atoms with E-state index in [1.807, 2.05) is 0 Å². The number of hydrogen-bond acceptors (Lipinski definition) is 2. The molecule has 0 aromatic heterocycles. The molecule has 82 valence electrons. The van der Waals surface area contributed by atoms with Crippen molar-refractivity contribution in [2.75, 3.05) is 0 Å². The Morgan fingerprint density at radius 3 is 2.07 bits per heavy atom. The summed E-state index contributed by atoms with van der Waals surface area (Å²) in [5, 5.41) is -0.0677. The third-order valence-corrected chi connectivity index (χ3v) is 5.32. The largest absolute Gasteiger partial charge is 0.214 e. The molecule has 1 N–H and O–H groups in total. The topological polar surface area (TPSA) is 46.2 Å². The van der Waals surface area contributed by atoms with Crippen molar-refractivity contribution >= 4 is 10.0 Å². The van der Waals surface area contributed by atoms with Crippen LogP contribution in [0, 0.1) is 5.92 Å². The molecule has 2 fully saturated rings. The zero-order valence-electron chi connectivity index (χ0n) is 8.70. The molecule has 0 aliphatic heterocycles. The third kappa shape index (κ3) is 2.48. The van der Waals surface area contributed by atoms with Gasteiger partial charge in [-0.25, -0.2) is 13.1 Å². The standard InChI is InChI=1S/C10H19NO2S/c1-8-2-4-9(5-3-8)11-14(12,13)10-6-7-10/h8-11H,2-7H2,1H3/t8-,9-. The first-order chi connectivity index (χ1) is 6.58. The molecule has 0 atom stereocenters. The minimum absolute atomic E-state index is 0.0677. The van der Waals surface area contributed by atoms with E-state index in [9.17, 15) is 8.42 Å². The van der Waals surface area contributed by atoms with E-state index < -0.39 is 10.0 Å². The molecule has 0 aromatic carbocycles. The van der Waals surface area contributed by atoms with Crippen molar-refractivity contribution in [3.05, 3.63) is 0 Å². The summed E-state index contributed by atoms with van der Waals surface area (Å²) in [7, 11) is -2.95. The Bertz CT molecular complexity index is 287. The van der Waals surface area contributed by atoms with E-state index in [1.54, 1.807) is 0 Å². The van der Waals surface area contributed by atoms with Gasteiger partial charge in [0, 0.05) is 6.04 Å². The molecule has 14 heavy (non-hydrogen) atoms.